The molecule has 0 amide bonds. The lowest BCUT2D eigenvalue weighted by Gasteiger charge is -2.10. The first-order valence-corrected chi connectivity index (χ1v) is 5.94. The molecular weight excluding hydrogens is 211 g/mol. The lowest BCUT2D eigenvalue weighted by Crippen LogP contribution is -1.91. The Balaban J connectivity index is 2.50. The summed E-state index contributed by atoms with van der Waals surface area (Å²) in [7, 11) is 0. The van der Waals surface area contributed by atoms with Crippen LogP contribution in [-0.4, -0.2) is 0 Å². The first-order valence-electron chi connectivity index (χ1n) is 5.94. The van der Waals surface area contributed by atoms with Gasteiger partial charge in [0.05, 0.1) is 0 Å². The third-order valence-electron chi connectivity index (χ3n) is 3.02. The van der Waals surface area contributed by atoms with Gasteiger partial charge in [-0.3, -0.25) is 0 Å². The highest BCUT2D eigenvalue weighted by molar-refractivity contribution is 5.65. The van der Waals surface area contributed by atoms with Gasteiger partial charge in [-0.1, -0.05) is 49.7 Å². The summed E-state index contributed by atoms with van der Waals surface area (Å²) in [6.07, 6.45) is 0. The van der Waals surface area contributed by atoms with Gasteiger partial charge in [0, 0.05) is 5.56 Å². The molecule has 2 rings (SSSR count). The Morgan fingerprint density at radius 1 is 0.941 bits per heavy atom. The van der Waals surface area contributed by atoms with Gasteiger partial charge in [-0.05, 0) is 36.1 Å². The fourth-order valence-electron chi connectivity index (χ4n) is 1.86. The summed E-state index contributed by atoms with van der Waals surface area (Å²) in [5, 5.41) is 0. The Bertz CT molecular complexity index is 510. The van der Waals surface area contributed by atoms with E-state index in [1.54, 1.807) is 6.07 Å². The molecule has 0 aromatic heterocycles. The van der Waals surface area contributed by atoms with Crippen molar-refractivity contribution in [2.24, 2.45) is 0 Å². The second-order valence-corrected chi connectivity index (χ2v) is 4.76. The van der Waals surface area contributed by atoms with Crippen molar-refractivity contribution in [2.75, 3.05) is 0 Å². The van der Waals surface area contributed by atoms with Gasteiger partial charge < -0.3 is 0 Å². The molecule has 88 valence electrons. The molecule has 1 heteroatoms. The molecule has 0 aliphatic heterocycles. The smallest absolute Gasteiger partial charge is 0.131 e. The topological polar surface area (TPSA) is 0 Å². The molecule has 0 aliphatic carbocycles. The van der Waals surface area contributed by atoms with Crippen LogP contribution in [0.5, 0.6) is 0 Å². The minimum atomic E-state index is -0.154. The molecule has 0 spiro atoms. The van der Waals surface area contributed by atoms with Crippen LogP contribution >= 0.6 is 0 Å². The molecule has 0 unspecified atom stereocenters. The van der Waals surface area contributed by atoms with Crippen LogP contribution in [0.2, 0.25) is 0 Å². The molecule has 0 atom stereocenters. The summed E-state index contributed by atoms with van der Waals surface area (Å²) in [6, 6.07) is 13.3. The molecule has 0 bridgehead atoms. The second kappa shape index (κ2) is 4.70. The zero-order valence-electron chi connectivity index (χ0n) is 10.5. The predicted molar refractivity (Wildman–Crippen MR) is 70.7 cm³/mol. The van der Waals surface area contributed by atoms with E-state index in [9.17, 15) is 4.39 Å². The van der Waals surface area contributed by atoms with Gasteiger partial charge in [0.25, 0.3) is 0 Å². The van der Waals surface area contributed by atoms with E-state index >= 15 is 0 Å². The molecule has 17 heavy (non-hydrogen) atoms. The van der Waals surface area contributed by atoms with Gasteiger partial charge in [0.2, 0.25) is 0 Å². The zero-order valence-corrected chi connectivity index (χ0v) is 10.5. The monoisotopic (exact) mass is 228 g/mol. The van der Waals surface area contributed by atoms with E-state index < -0.39 is 0 Å². The average molecular weight is 228 g/mol. The van der Waals surface area contributed by atoms with Crippen LogP contribution < -0.4 is 0 Å². The van der Waals surface area contributed by atoms with Crippen LogP contribution in [0, 0.1) is 12.7 Å². The van der Waals surface area contributed by atoms with Gasteiger partial charge in [0.15, 0.2) is 0 Å². The van der Waals surface area contributed by atoms with Crippen molar-refractivity contribution in [3.63, 3.8) is 0 Å². The second-order valence-electron chi connectivity index (χ2n) is 4.76. The summed E-state index contributed by atoms with van der Waals surface area (Å²) in [6.45, 7) is 6.27. The van der Waals surface area contributed by atoms with E-state index in [1.165, 1.54) is 11.1 Å². The van der Waals surface area contributed by atoms with Crippen molar-refractivity contribution in [2.45, 2.75) is 26.7 Å². The first kappa shape index (κ1) is 11.8. The predicted octanol–water partition coefficient (Wildman–Crippen LogP) is 4.92. The maximum Gasteiger partial charge on any atom is 0.131 e. The van der Waals surface area contributed by atoms with Crippen molar-refractivity contribution in [1.29, 1.82) is 0 Å². The third kappa shape index (κ3) is 2.55. The minimum absolute atomic E-state index is 0.154. The Kier molecular flexibility index (Phi) is 3.28. The lowest BCUT2D eigenvalue weighted by atomic mass is 9.96. The van der Waals surface area contributed by atoms with Crippen LogP contribution in [0.3, 0.4) is 0 Å². The molecule has 0 radical (unpaired) electrons. The SMILES string of the molecule is Cc1ccc(-c2cc(C(C)C)ccc2F)cc1. The number of halogens is 1. The van der Waals surface area contributed by atoms with Crippen LogP contribution in [0.25, 0.3) is 11.1 Å². The highest BCUT2D eigenvalue weighted by Crippen LogP contribution is 2.27. The van der Waals surface area contributed by atoms with Crippen molar-refractivity contribution >= 4 is 0 Å². The highest BCUT2D eigenvalue weighted by Gasteiger charge is 2.07. The lowest BCUT2D eigenvalue weighted by molar-refractivity contribution is 0.630. The summed E-state index contributed by atoms with van der Waals surface area (Å²) in [5.41, 5.74) is 3.99. The van der Waals surface area contributed by atoms with E-state index in [0.717, 1.165) is 5.56 Å². The Morgan fingerprint density at radius 2 is 1.59 bits per heavy atom. The quantitative estimate of drug-likeness (QED) is 0.684. The average Bonchev–Trinajstić information content (AvgIpc) is 2.31. The number of hydrogen-bond donors (Lipinski definition) is 0. The summed E-state index contributed by atoms with van der Waals surface area (Å²) >= 11 is 0. The van der Waals surface area contributed by atoms with Gasteiger partial charge in [-0.15, -0.1) is 0 Å². The Hall–Kier alpha value is -1.63. The fraction of sp³-hybridized carbons (Fsp3) is 0.250. The maximum atomic E-state index is 13.8. The van der Waals surface area contributed by atoms with Gasteiger partial charge in [-0.2, -0.15) is 0 Å². The van der Waals surface area contributed by atoms with E-state index in [2.05, 4.69) is 13.8 Å². The van der Waals surface area contributed by atoms with E-state index in [-0.39, 0.29) is 5.82 Å². The van der Waals surface area contributed by atoms with Crippen LogP contribution in [-0.2, 0) is 0 Å². The molecule has 0 N–H and O–H groups in total. The van der Waals surface area contributed by atoms with Gasteiger partial charge in [0.1, 0.15) is 5.82 Å². The Labute approximate surface area is 102 Å². The molecule has 0 aliphatic rings. The standard InChI is InChI=1S/C16H17F/c1-11(2)14-8-9-16(17)15(10-14)13-6-4-12(3)5-7-13/h4-11H,1-3H3. The van der Waals surface area contributed by atoms with Crippen molar-refractivity contribution in [3.8, 4) is 11.1 Å². The maximum absolute atomic E-state index is 13.8. The minimum Gasteiger partial charge on any atom is -0.206 e. The fourth-order valence-corrected chi connectivity index (χ4v) is 1.86. The molecule has 0 nitrogen and oxygen atoms in total. The van der Waals surface area contributed by atoms with Crippen LogP contribution in [0.4, 0.5) is 4.39 Å². The molecule has 2 aromatic carbocycles. The Morgan fingerprint density at radius 3 is 2.18 bits per heavy atom. The third-order valence-corrected chi connectivity index (χ3v) is 3.02. The van der Waals surface area contributed by atoms with Crippen molar-refractivity contribution < 1.29 is 4.39 Å². The number of aryl methyl sites for hydroxylation is 1. The zero-order chi connectivity index (χ0) is 12.4. The summed E-state index contributed by atoms with van der Waals surface area (Å²) in [5.74, 6) is 0.262. The van der Waals surface area contributed by atoms with E-state index in [4.69, 9.17) is 0 Å². The molecule has 0 saturated heterocycles. The molecule has 0 heterocycles. The van der Waals surface area contributed by atoms with Crippen molar-refractivity contribution in [3.05, 3.63) is 59.4 Å². The van der Waals surface area contributed by atoms with E-state index in [0.29, 0.717) is 11.5 Å². The highest BCUT2D eigenvalue weighted by atomic mass is 19.1. The normalized spacial score (nSPS) is 10.9. The summed E-state index contributed by atoms with van der Waals surface area (Å²) in [4.78, 5) is 0. The van der Waals surface area contributed by atoms with Crippen LogP contribution in [0.15, 0.2) is 42.5 Å². The number of hydrogen-bond acceptors (Lipinski definition) is 0. The van der Waals surface area contributed by atoms with Gasteiger partial charge in [-0.25, -0.2) is 4.39 Å². The number of benzene rings is 2. The molecule has 0 saturated carbocycles. The summed E-state index contributed by atoms with van der Waals surface area (Å²) < 4.78 is 13.8. The number of rotatable bonds is 2. The first-order chi connectivity index (χ1) is 8.08. The van der Waals surface area contributed by atoms with Crippen LogP contribution in [0.1, 0.15) is 30.9 Å². The largest absolute Gasteiger partial charge is 0.206 e. The van der Waals surface area contributed by atoms with Crippen molar-refractivity contribution in [1.82, 2.24) is 0 Å². The van der Waals surface area contributed by atoms with E-state index in [1.807, 2.05) is 43.3 Å². The van der Waals surface area contributed by atoms with Gasteiger partial charge >= 0.3 is 0 Å². The molecule has 0 fully saturated rings. The molecule has 2 aromatic rings. The molecular formula is C16H17F.